The molecule has 0 spiro atoms. The minimum absolute atomic E-state index is 0. The van der Waals surface area contributed by atoms with Gasteiger partial charge in [-0.25, -0.2) is 0 Å². The zero-order valence-electron chi connectivity index (χ0n) is 19.4. The number of hydrogen-bond donors (Lipinski definition) is 0. The van der Waals surface area contributed by atoms with Gasteiger partial charge < -0.3 is 0 Å². The monoisotopic (exact) mass is 679 g/mol. The summed E-state index contributed by atoms with van der Waals surface area (Å²) in [4.78, 5) is 4.57. The van der Waals surface area contributed by atoms with E-state index in [-0.39, 0.29) is 48.9 Å². The van der Waals surface area contributed by atoms with Gasteiger partial charge in [-0.15, -0.1) is 23.8 Å². The zero-order valence-corrected chi connectivity index (χ0v) is 21.7. The third-order valence-electron chi connectivity index (χ3n) is 6.64. The van der Waals surface area contributed by atoms with E-state index in [1.807, 2.05) is 12.1 Å². The van der Waals surface area contributed by atoms with Crippen LogP contribution >= 0.6 is 0 Å². The maximum Gasteiger partial charge on any atom is 0.409 e. The molecule has 1 aliphatic carbocycles. The van der Waals surface area contributed by atoms with Gasteiger partial charge in [0.15, 0.2) is 5.41 Å². The minimum Gasteiger partial charge on any atom is -0.296 e. The van der Waals surface area contributed by atoms with Crippen LogP contribution in [-0.2, 0) is 31.9 Å². The van der Waals surface area contributed by atoms with Crippen LogP contribution in [0, 0.1) is 6.07 Å². The maximum absolute atomic E-state index is 14.4. The van der Waals surface area contributed by atoms with Crippen LogP contribution in [0.2, 0.25) is 0 Å². The Balaban J connectivity index is 0.00000304. The van der Waals surface area contributed by atoms with Crippen LogP contribution in [0.25, 0.3) is 33.3 Å². The van der Waals surface area contributed by atoms with Gasteiger partial charge in [-0.3, -0.25) is 4.98 Å². The van der Waals surface area contributed by atoms with Gasteiger partial charge in [-0.05, 0) is 28.3 Å². The first kappa shape index (κ1) is 26.4. The molecule has 0 N–H and O–H groups in total. The Labute approximate surface area is 218 Å². The van der Waals surface area contributed by atoms with Crippen molar-refractivity contribution in [3.63, 3.8) is 0 Å². The van der Waals surface area contributed by atoms with Crippen LogP contribution < -0.4 is 0 Å². The van der Waals surface area contributed by atoms with Crippen molar-refractivity contribution >= 4 is 10.9 Å². The molecule has 0 aliphatic heterocycles. The summed E-state index contributed by atoms with van der Waals surface area (Å²) < 4.78 is 86.5. The van der Waals surface area contributed by atoms with Crippen LogP contribution in [-0.4, -0.2) is 17.3 Å². The Kier molecular flexibility index (Phi) is 6.19. The number of rotatable bonds is 1. The number of benzene rings is 3. The van der Waals surface area contributed by atoms with E-state index in [0.717, 1.165) is 23.1 Å². The second kappa shape index (κ2) is 8.44. The fourth-order valence-electron chi connectivity index (χ4n) is 5.09. The molecule has 0 saturated carbocycles. The molecule has 0 unspecified atom stereocenters. The molecule has 36 heavy (non-hydrogen) atoms. The van der Waals surface area contributed by atoms with Crippen molar-refractivity contribution in [1.82, 2.24) is 4.98 Å². The largest absolute Gasteiger partial charge is 0.409 e. The summed E-state index contributed by atoms with van der Waals surface area (Å²) in [5, 5.41) is 0.872. The van der Waals surface area contributed by atoms with E-state index in [1.54, 1.807) is 18.2 Å². The van der Waals surface area contributed by atoms with E-state index < -0.39 is 28.9 Å². The van der Waals surface area contributed by atoms with Crippen LogP contribution in [0.1, 0.15) is 37.5 Å². The van der Waals surface area contributed by atoms with E-state index in [2.05, 4.69) is 31.8 Å². The van der Waals surface area contributed by atoms with Crippen molar-refractivity contribution in [2.45, 2.75) is 44.0 Å². The second-order valence-corrected chi connectivity index (χ2v) is 9.78. The predicted molar refractivity (Wildman–Crippen MR) is 123 cm³/mol. The Bertz CT molecular complexity index is 1450. The summed E-state index contributed by atoms with van der Waals surface area (Å²) in [5.74, 6) is 0. The van der Waals surface area contributed by atoms with Crippen molar-refractivity contribution in [3.05, 3.63) is 89.5 Å². The van der Waals surface area contributed by atoms with Crippen molar-refractivity contribution < 1.29 is 47.4 Å². The Morgan fingerprint density at radius 3 is 2.06 bits per heavy atom. The van der Waals surface area contributed by atoms with Crippen LogP contribution in [0.5, 0.6) is 0 Å². The standard InChI is InChI=1S/C28H20F6N.Pt/c1-25(2,3)20-9-6-10-24-19(20)13-14-23(35-24)16-11-12-18-17-7-4-5-8-21(17)26(22(18)15-16,27(29,30)31)28(32,33)34;/h4-10,12-15H,1-3H3;/q-1;. The topological polar surface area (TPSA) is 12.9 Å². The number of halogens is 6. The van der Waals surface area contributed by atoms with E-state index in [0.29, 0.717) is 5.52 Å². The molecule has 4 aromatic rings. The molecular weight excluding hydrogens is 659 g/mol. The molecular formula is C28H20F6NPt-. The van der Waals surface area contributed by atoms with Crippen molar-refractivity contribution in [2.24, 2.45) is 0 Å². The smallest absolute Gasteiger partial charge is 0.296 e. The normalized spacial score (nSPS) is 14.8. The molecule has 0 radical (unpaired) electrons. The summed E-state index contributed by atoms with van der Waals surface area (Å²) >= 11 is 0. The zero-order chi connectivity index (χ0) is 25.4. The fraction of sp³-hybridized carbons (Fsp3) is 0.250. The predicted octanol–water partition coefficient (Wildman–Crippen LogP) is 8.39. The molecule has 1 nitrogen and oxygen atoms in total. The first-order chi connectivity index (χ1) is 16.3. The first-order valence-electron chi connectivity index (χ1n) is 11.0. The SMILES string of the molecule is CC(C)(C)c1cccc2nc(-c3[c-]cc4c(c3)C(C(F)(F)F)(C(F)(F)F)c3ccccc3-4)ccc12.[Pt]. The van der Waals surface area contributed by atoms with Crippen LogP contribution in [0.15, 0.2) is 66.7 Å². The van der Waals surface area contributed by atoms with Crippen molar-refractivity contribution in [2.75, 3.05) is 0 Å². The van der Waals surface area contributed by atoms with Crippen molar-refractivity contribution in [3.8, 4) is 22.4 Å². The summed E-state index contributed by atoms with van der Waals surface area (Å²) in [7, 11) is 0. The van der Waals surface area contributed by atoms with E-state index in [9.17, 15) is 26.3 Å². The molecule has 5 rings (SSSR count). The quantitative estimate of drug-likeness (QED) is 0.146. The third kappa shape index (κ3) is 3.70. The van der Waals surface area contributed by atoms with Gasteiger partial charge in [-0.2, -0.15) is 26.3 Å². The van der Waals surface area contributed by atoms with Gasteiger partial charge in [0.25, 0.3) is 0 Å². The van der Waals surface area contributed by atoms with Gasteiger partial charge in [-0.1, -0.05) is 86.0 Å². The molecule has 0 atom stereocenters. The number of nitrogens with zero attached hydrogens (tertiary/aromatic N) is 1. The molecule has 8 heteroatoms. The maximum atomic E-state index is 14.4. The molecule has 3 aromatic carbocycles. The van der Waals surface area contributed by atoms with E-state index in [4.69, 9.17) is 0 Å². The summed E-state index contributed by atoms with van der Waals surface area (Å²) in [5.41, 5.74) is -4.24. The second-order valence-electron chi connectivity index (χ2n) is 9.78. The van der Waals surface area contributed by atoms with Gasteiger partial charge in [0.2, 0.25) is 0 Å². The number of hydrogen-bond acceptors (Lipinski definition) is 1. The molecule has 1 aliphatic rings. The molecule has 190 valence electrons. The molecule has 0 fully saturated rings. The Morgan fingerprint density at radius 1 is 0.750 bits per heavy atom. The van der Waals surface area contributed by atoms with Gasteiger partial charge in [0.1, 0.15) is 0 Å². The van der Waals surface area contributed by atoms with Crippen molar-refractivity contribution in [1.29, 1.82) is 0 Å². The molecule has 0 amide bonds. The third-order valence-corrected chi connectivity index (χ3v) is 6.64. The summed E-state index contributed by atoms with van der Waals surface area (Å²) in [6, 6.07) is 18.8. The first-order valence-corrected chi connectivity index (χ1v) is 11.0. The van der Waals surface area contributed by atoms with Gasteiger partial charge in [0.05, 0.1) is 5.52 Å². The average molecular weight is 680 g/mol. The average Bonchev–Trinajstić information content (AvgIpc) is 3.08. The van der Waals surface area contributed by atoms with Gasteiger partial charge in [0, 0.05) is 26.5 Å². The molecule has 1 aromatic heterocycles. The summed E-state index contributed by atoms with van der Waals surface area (Å²) in [6.45, 7) is 6.15. The molecule has 0 saturated heterocycles. The van der Waals surface area contributed by atoms with Crippen LogP contribution in [0.4, 0.5) is 26.3 Å². The van der Waals surface area contributed by atoms with E-state index >= 15 is 0 Å². The number of aromatic nitrogens is 1. The Morgan fingerprint density at radius 2 is 1.42 bits per heavy atom. The Hall–Kier alpha value is -2.66. The minimum atomic E-state index is -5.61. The number of fused-ring (bicyclic) bond motifs is 4. The van der Waals surface area contributed by atoms with Gasteiger partial charge >= 0.3 is 12.4 Å². The number of alkyl halides is 6. The van der Waals surface area contributed by atoms with E-state index in [1.165, 1.54) is 24.3 Å². The molecule has 0 bridgehead atoms. The fourth-order valence-corrected chi connectivity index (χ4v) is 5.09. The summed E-state index contributed by atoms with van der Waals surface area (Å²) in [6.07, 6.45) is -11.2. The number of pyridine rings is 1. The molecule has 1 heterocycles. The van der Waals surface area contributed by atoms with Crippen LogP contribution in [0.3, 0.4) is 0 Å².